The van der Waals surface area contributed by atoms with E-state index < -0.39 is 0 Å². The van der Waals surface area contributed by atoms with Crippen LogP contribution in [0.5, 0.6) is 0 Å². The number of hydrogen-bond acceptors (Lipinski definition) is 3. The smallest absolute Gasteiger partial charge is 0.222 e. The van der Waals surface area contributed by atoms with Gasteiger partial charge < -0.3 is 4.90 Å². The fraction of sp³-hybridized carbons (Fsp3) is 0.417. The van der Waals surface area contributed by atoms with Crippen LogP contribution in [-0.4, -0.2) is 46.9 Å². The second-order valence-electron chi connectivity index (χ2n) is 8.36. The molecule has 0 N–H and O–H groups in total. The van der Waals surface area contributed by atoms with E-state index >= 15 is 0 Å². The molecule has 4 rings (SSSR count). The number of carbonyl (C=O) groups is 1. The molecule has 152 valence electrons. The quantitative estimate of drug-likeness (QED) is 0.766. The van der Waals surface area contributed by atoms with Gasteiger partial charge in [-0.2, -0.15) is 0 Å². The predicted molar refractivity (Wildman–Crippen MR) is 112 cm³/mol. The highest BCUT2D eigenvalue weighted by Gasteiger charge is 2.40. The van der Waals surface area contributed by atoms with Crippen molar-refractivity contribution in [3.63, 3.8) is 0 Å². The Labute approximate surface area is 172 Å². The average Bonchev–Trinajstić information content (AvgIpc) is 2.75. The number of pyridine rings is 1. The number of rotatable bonds is 5. The minimum absolute atomic E-state index is 0.201. The first-order valence-electron chi connectivity index (χ1n) is 10.4. The van der Waals surface area contributed by atoms with Crippen molar-refractivity contribution in [3.05, 3.63) is 71.8 Å². The van der Waals surface area contributed by atoms with Gasteiger partial charge in [-0.05, 0) is 73.2 Å². The lowest BCUT2D eigenvalue weighted by Crippen LogP contribution is -2.51. The number of nitrogens with zero attached hydrogens (tertiary/aromatic N) is 3. The maximum atomic E-state index is 13.0. The van der Waals surface area contributed by atoms with Gasteiger partial charge in [0.15, 0.2) is 0 Å². The van der Waals surface area contributed by atoms with E-state index in [1.165, 1.54) is 12.1 Å². The monoisotopic (exact) mass is 393 g/mol. The zero-order valence-corrected chi connectivity index (χ0v) is 16.8. The molecule has 3 heterocycles. The first-order valence-corrected chi connectivity index (χ1v) is 10.4. The summed E-state index contributed by atoms with van der Waals surface area (Å²) in [6, 6.07) is 10.6. The number of carbonyl (C=O) groups excluding carboxylic acids is 1. The predicted octanol–water partition coefficient (Wildman–Crippen LogP) is 4.14. The average molecular weight is 394 g/mol. The van der Waals surface area contributed by atoms with Crippen LogP contribution in [0.2, 0.25) is 0 Å². The van der Waals surface area contributed by atoms with Crippen LogP contribution < -0.4 is 0 Å². The van der Waals surface area contributed by atoms with Gasteiger partial charge in [0.05, 0.1) is 0 Å². The largest absolute Gasteiger partial charge is 0.338 e. The third kappa shape index (κ3) is 5.10. The molecule has 0 unspecified atom stereocenters. The summed E-state index contributed by atoms with van der Waals surface area (Å²) in [6.07, 6.45) is 11.7. The fourth-order valence-electron chi connectivity index (χ4n) is 4.48. The molecule has 2 saturated heterocycles. The molecule has 2 aliphatic heterocycles. The van der Waals surface area contributed by atoms with Gasteiger partial charge >= 0.3 is 0 Å². The second kappa shape index (κ2) is 8.87. The number of halogens is 1. The van der Waals surface area contributed by atoms with Gasteiger partial charge in [-0.1, -0.05) is 24.3 Å². The molecule has 0 aliphatic carbocycles. The maximum absolute atomic E-state index is 13.0. The number of aromatic nitrogens is 1. The van der Waals surface area contributed by atoms with E-state index in [9.17, 15) is 9.18 Å². The minimum atomic E-state index is -0.201. The van der Waals surface area contributed by atoms with Crippen LogP contribution in [-0.2, 0) is 11.3 Å². The summed E-state index contributed by atoms with van der Waals surface area (Å²) in [7, 11) is 0. The Balaban J connectivity index is 1.29. The van der Waals surface area contributed by atoms with Crippen molar-refractivity contribution in [1.82, 2.24) is 14.8 Å². The highest BCUT2D eigenvalue weighted by molar-refractivity contribution is 5.77. The highest BCUT2D eigenvalue weighted by Crippen LogP contribution is 2.40. The van der Waals surface area contributed by atoms with E-state index in [1.807, 2.05) is 17.0 Å². The van der Waals surface area contributed by atoms with Gasteiger partial charge in [-0.15, -0.1) is 0 Å². The van der Waals surface area contributed by atoms with E-state index in [1.54, 1.807) is 24.5 Å². The molecule has 0 atom stereocenters. The van der Waals surface area contributed by atoms with Crippen LogP contribution in [0.15, 0.2) is 54.9 Å². The van der Waals surface area contributed by atoms with Crippen molar-refractivity contribution in [2.24, 2.45) is 5.41 Å². The highest BCUT2D eigenvalue weighted by atomic mass is 19.1. The van der Waals surface area contributed by atoms with Crippen molar-refractivity contribution in [1.29, 1.82) is 0 Å². The Morgan fingerprint density at radius 2 is 1.76 bits per heavy atom. The van der Waals surface area contributed by atoms with Gasteiger partial charge in [0.25, 0.3) is 0 Å². The summed E-state index contributed by atoms with van der Waals surface area (Å²) < 4.78 is 13.0. The van der Waals surface area contributed by atoms with Crippen molar-refractivity contribution < 1.29 is 9.18 Å². The zero-order valence-electron chi connectivity index (χ0n) is 16.8. The Kier molecular flexibility index (Phi) is 6.05. The molecule has 2 fully saturated rings. The molecule has 0 radical (unpaired) electrons. The molecule has 0 saturated carbocycles. The molecule has 1 spiro atoms. The summed E-state index contributed by atoms with van der Waals surface area (Å²) in [5.41, 5.74) is 2.43. The molecular weight excluding hydrogens is 365 g/mol. The minimum Gasteiger partial charge on any atom is -0.338 e. The maximum Gasteiger partial charge on any atom is 0.222 e. The zero-order chi connectivity index (χ0) is 20.1. The lowest BCUT2D eigenvalue weighted by Gasteiger charge is -2.47. The second-order valence-corrected chi connectivity index (χ2v) is 8.36. The summed E-state index contributed by atoms with van der Waals surface area (Å²) >= 11 is 0. The van der Waals surface area contributed by atoms with Crippen LogP contribution in [0, 0.1) is 11.2 Å². The van der Waals surface area contributed by atoms with E-state index in [0.29, 0.717) is 13.0 Å². The van der Waals surface area contributed by atoms with Crippen molar-refractivity contribution in [2.45, 2.75) is 32.2 Å². The van der Waals surface area contributed by atoms with E-state index in [4.69, 9.17) is 0 Å². The number of hydrogen-bond donors (Lipinski definition) is 0. The molecule has 1 aromatic carbocycles. The molecule has 1 amide bonds. The Morgan fingerprint density at radius 3 is 2.48 bits per heavy atom. The van der Waals surface area contributed by atoms with E-state index in [2.05, 4.69) is 22.0 Å². The molecule has 0 bridgehead atoms. The van der Waals surface area contributed by atoms with Crippen LogP contribution >= 0.6 is 0 Å². The molecule has 4 nitrogen and oxygen atoms in total. The van der Waals surface area contributed by atoms with Crippen LogP contribution in [0.1, 0.15) is 36.8 Å². The fourth-order valence-corrected chi connectivity index (χ4v) is 4.48. The van der Waals surface area contributed by atoms with Gasteiger partial charge in [-0.25, -0.2) is 4.39 Å². The normalized spacial score (nSPS) is 19.9. The standard InChI is InChI=1S/C24H28FN3O/c25-22-5-3-20(4-6-22)2-1-15-27-16-11-24(12-17-27)10-7-23(29)28(19-24)18-21-8-13-26-14-9-21/h1-6,8-9,13-14H,7,10-12,15-19H2/b2-1+. The first kappa shape index (κ1) is 19.8. The molecule has 1 aromatic heterocycles. The Hall–Kier alpha value is -2.53. The summed E-state index contributed by atoms with van der Waals surface area (Å²) in [6.45, 7) is 4.59. The third-order valence-corrected chi connectivity index (χ3v) is 6.33. The third-order valence-electron chi connectivity index (χ3n) is 6.33. The van der Waals surface area contributed by atoms with Gasteiger partial charge in [-0.3, -0.25) is 14.7 Å². The first-order chi connectivity index (χ1) is 14.1. The van der Waals surface area contributed by atoms with Crippen LogP contribution in [0.3, 0.4) is 0 Å². The van der Waals surface area contributed by atoms with Crippen molar-refractivity contribution in [3.8, 4) is 0 Å². The van der Waals surface area contributed by atoms with Crippen molar-refractivity contribution in [2.75, 3.05) is 26.2 Å². The SMILES string of the molecule is O=C1CCC2(CCN(C/C=C/c3ccc(F)cc3)CC2)CN1Cc1ccncc1. The van der Waals surface area contributed by atoms with Crippen molar-refractivity contribution >= 4 is 12.0 Å². The van der Waals surface area contributed by atoms with E-state index in [0.717, 1.165) is 56.6 Å². The number of benzene rings is 1. The van der Waals surface area contributed by atoms with Gasteiger partial charge in [0.2, 0.25) is 5.91 Å². The number of piperidine rings is 2. The lowest BCUT2D eigenvalue weighted by atomic mass is 9.72. The Morgan fingerprint density at radius 1 is 1.03 bits per heavy atom. The van der Waals surface area contributed by atoms with E-state index in [-0.39, 0.29) is 17.1 Å². The molecule has 29 heavy (non-hydrogen) atoms. The number of amides is 1. The molecular formula is C24H28FN3O. The molecule has 2 aromatic rings. The topological polar surface area (TPSA) is 36.4 Å². The van der Waals surface area contributed by atoms with Crippen LogP contribution in [0.25, 0.3) is 6.08 Å². The summed E-state index contributed by atoms with van der Waals surface area (Å²) in [4.78, 5) is 21.0. The van der Waals surface area contributed by atoms with Crippen LogP contribution in [0.4, 0.5) is 4.39 Å². The van der Waals surface area contributed by atoms with Gasteiger partial charge in [0.1, 0.15) is 5.82 Å². The summed E-state index contributed by atoms with van der Waals surface area (Å²) in [5, 5.41) is 0. The molecule has 5 heteroatoms. The number of likely N-dealkylation sites (tertiary alicyclic amines) is 2. The summed E-state index contributed by atoms with van der Waals surface area (Å²) in [5.74, 6) is 0.0736. The lowest BCUT2D eigenvalue weighted by molar-refractivity contribution is -0.139. The molecule has 2 aliphatic rings. The van der Waals surface area contributed by atoms with Gasteiger partial charge in [0, 0.05) is 38.4 Å². The Bertz CT molecular complexity index is 842.